The Balaban J connectivity index is 1.71. The van der Waals surface area contributed by atoms with Crippen molar-refractivity contribution in [1.29, 1.82) is 0 Å². The molecular formula is C10H20N+. The molecule has 1 nitrogen and oxygen atoms in total. The molecule has 64 valence electrons. The molecule has 0 amide bonds. The maximum absolute atomic E-state index is 2.68. The SMILES string of the molecule is C1CCC([NH2+]C2CCCC2)C1. The Morgan fingerprint density at radius 3 is 1.36 bits per heavy atom. The molecule has 0 heterocycles. The minimum absolute atomic E-state index is 1.01. The first-order valence-corrected chi connectivity index (χ1v) is 5.30. The van der Waals surface area contributed by atoms with Crippen molar-refractivity contribution in [3.8, 4) is 0 Å². The molecule has 0 radical (unpaired) electrons. The summed E-state index contributed by atoms with van der Waals surface area (Å²) in [6.07, 6.45) is 12.0. The van der Waals surface area contributed by atoms with E-state index in [2.05, 4.69) is 5.32 Å². The number of hydrogen-bond donors (Lipinski definition) is 1. The average molecular weight is 154 g/mol. The van der Waals surface area contributed by atoms with Crippen molar-refractivity contribution in [2.45, 2.75) is 63.5 Å². The zero-order valence-electron chi connectivity index (χ0n) is 7.39. The van der Waals surface area contributed by atoms with Crippen molar-refractivity contribution in [1.82, 2.24) is 0 Å². The predicted molar refractivity (Wildman–Crippen MR) is 46.4 cm³/mol. The summed E-state index contributed by atoms with van der Waals surface area (Å²) in [5, 5.41) is 2.68. The molecule has 0 spiro atoms. The van der Waals surface area contributed by atoms with Crippen molar-refractivity contribution in [2.24, 2.45) is 0 Å². The smallest absolute Gasteiger partial charge is 0.0861 e. The summed E-state index contributed by atoms with van der Waals surface area (Å²) in [7, 11) is 0. The van der Waals surface area contributed by atoms with Gasteiger partial charge in [-0.2, -0.15) is 0 Å². The van der Waals surface area contributed by atoms with Crippen molar-refractivity contribution in [3.05, 3.63) is 0 Å². The van der Waals surface area contributed by atoms with E-state index >= 15 is 0 Å². The lowest BCUT2D eigenvalue weighted by molar-refractivity contribution is -0.719. The molecule has 2 aliphatic rings. The number of rotatable bonds is 2. The van der Waals surface area contributed by atoms with Crippen molar-refractivity contribution >= 4 is 0 Å². The highest BCUT2D eigenvalue weighted by molar-refractivity contribution is 4.68. The van der Waals surface area contributed by atoms with E-state index in [1.807, 2.05) is 0 Å². The van der Waals surface area contributed by atoms with Crippen molar-refractivity contribution in [3.63, 3.8) is 0 Å². The van der Waals surface area contributed by atoms with Crippen LogP contribution in [-0.2, 0) is 0 Å². The summed E-state index contributed by atoms with van der Waals surface area (Å²) in [5.74, 6) is 0. The number of hydrogen-bond acceptors (Lipinski definition) is 0. The lowest BCUT2D eigenvalue weighted by Crippen LogP contribution is -2.94. The minimum atomic E-state index is 1.01. The third kappa shape index (κ3) is 1.96. The van der Waals surface area contributed by atoms with Gasteiger partial charge in [0.25, 0.3) is 0 Å². The van der Waals surface area contributed by atoms with E-state index < -0.39 is 0 Å². The van der Waals surface area contributed by atoms with Gasteiger partial charge in [0, 0.05) is 0 Å². The summed E-state index contributed by atoms with van der Waals surface area (Å²) in [4.78, 5) is 0. The second kappa shape index (κ2) is 3.57. The van der Waals surface area contributed by atoms with Gasteiger partial charge in [0.2, 0.25) is 0 Å². The normalized spacial score (nSPS) is 28.4. The van der Waals surface area contributed by atoms with Gasteiger partial charge in [0.05, 0.1) is 12.1 Å². The Kier molecular flexibility index (Phi) is 2.47. The van der Waals surface area contributed by atoms with Crippen LogP contribution in [0, 0.1) is 0 Å². The van der Waals surface area contributed by atoms with Crippen LogP contribution < -0.4 is 5.32 Å². The number of nitrogens with two attached hydrogens (primary N) is 1. The Labute approximate surface area is 69.6 Å². The summed E-state index contributed by atoms with van der Waals surface area (Å²) in [5.41, 5.74) is 0. The fourth-order valence-corrected chi connectivity index (χ4v) is 2.68. The lowest BCUT2D eigenvalue weighted by atomic mass is 10.2. The van der Waals surface area contributed by atoms with Crippen LogP contribution in [0.2, 0.25) is 0 Å². The molecule has 2 saturated carbocycles. The molecule has 0 aromatic carbocycles. The van der Waals surface area contributed by atoms with Gasteiger partial charge in [-0.05, 0) is 51.4 Å². The van der Waals surface area contributed by atoms with Gasteiger partial charge in [-0.3, -0.25) is 0 Å². The molecule has 2 N–H and O–H groups in total. The molecule has 2 fully saturated rings. The molecule has 0 bridgehead atoms. The maximum atomic E-state index is 2.68. The van der Waals surface area contributed by atoms with Gasteiger partial charge >= 0.3 is 0 Å². The molecule has 0 aromatic heterocycles. The monoisotopic (exact) mass is 154 g/mol. The van der Waals surface area contributed by atoms with Gasteiger partial charge in [-0.15, -0.1) is 0 Å². The highest BCUT2D eigenvalue weighted by Gasteiger charge is 2.24. The summed E-state index contributed by atoms with van der Waals surface area (Å²) in [6.45, 7) is 0. The van der Waals surface area contributed by atoms with Gasteiger partial charge in [-0.1, -0.05) is 0 Å². The van der Waals surface area contributed by atoms with E-state index in [9.17, 15) is 0 Å². The van der Waals surface area contributed by atoms with E-state index in [1.54, 1.807) is 0 Å². The molecule has 2 rings (SSSR count). The molecule has 0 aliphatic heterocycles. The first-order valence-electron chi connectivity index (χ1n) is 5.30. The van der Waals surface area contributed by atoms with Gasteiger partial charge in [-0.25, -0.2) is 0 Å². The van der Waals surface area contributed by atoms with Gasteiger partial charge in [0.1, 0.15) is 0 Å². The fraction of sp³-hybridized carbons (Fsp3) is 1.00. The highest BCUT2D eigenvalue weighted by Crippen LogP contribution is 2.18. The first-order chi connectivity index (χ1) is 5.45. The maximum Gasteiger partial charge on any atom is 0.0861 e. The predicted octanol–water partition coefficient (Wildman–Crippen LogP) is 1.43. The Bertz CT molecular complexity index is 96.0. The molecule has 0 unspecified atom stereocenters. The first kappa shape index (κ1) is 7.60. The average Bonchev–Trinajstić information content (AvgIpc) is 2.60. The molecule has 0 atom stereocenters. The molecule has 0 aromatic rings. The summed E-state index contributed by atoms with van der Waals surface area (Å²) >= 11 is 0. The van der Waals surface area contributed by atoms with Crippen LogP contribution >= 0.6 is 0 Å². The van der Waals surface area contributed by atoms with Crippen LogP contribution in [0.3, 0.4) is 0 Å². The summed E-state index contributed by atoms with van der Waals surface area (Å²) < 4.78 is 0. The minimum Gasteiger partial charge on any atom is -0.341 e. The second-order valence-electron chi connectivity index (χ2n) is 4.28. The molecule has 1 heteroatoms. The van der Waals surface area contributed by atoms with Crippen LogP contribution in [0.5, 0.6) is 0 Å². The third-order valence-corrected chi connectivity index (χ3v) is 3.34. The van der Waals surface area contributed by atoms with Gasteiger partial charge < -0.3 is 5.32 Å². The van der Waals surface area contributed by atoms with Crippen LogP contribution in [0.1, 0.15) is 51.4 Å². The molecule has 2 aliphatic carbocycles. The van der Waals surface area contributed by atoms with Crippen molar-refractivity contribution < 1.29 is 5.32 Å². The van der Waals surface area contributed by atoms with E-state index in [4.69, 9.17) is 0 Å². The van der Waals surface area contributed by atoms with Crippen molar-refractivity contribution in [2.75, 3.05) is 0 Å². The largest absolute Gasteiger partial charge is 0.341 e. The molecule has 0 saturated heterocycles. The van der Waals surface area contributed by atoms with E-state index in [1.165, 1.54) is 51.4 Å². The van der Waals surface area contributed by atoms with Crippen LogP contribution in [0.4, 0.5) is 0 Å². The van der Waals surface area contributed by atoms with E-state index in [0.29, 0.717) is 0 Å². The van der Waals surface area contributed by atoms with Crippen LogP contribution in [-0.4, -0.2) is 12.1 Å². The fourth-order valence-electron chi connectivity index (χ4n) is 2.68. The van der Waals surface area contributed by atoms with E-state index in [0.717, 1.165) is 12.1 Å². The van der Waals surface area contributed by atoms with Crippen LogP contribution in [0.15, 0.2) is 0 Å². The molecular weight excluding hydrogens is 134 g/mol. The second-order valence-corrected chi connectivity index (χ2v) is 4.28. The molecule has 11 heavy (non-hydrogen) atoms. The topological polar surface area (TPSA) is 16.6 Å². The Morgan fingerprint density at radius 2 is 1.00 bits per heavy atom. The zero-order valence-corrected chi connectivity index (χ0v) is 7.39. The summed E-state index contributed by atoms with van der Waals surface area (Å²) in [6, 6.07) is 2.02. The highest BCUT2D eigenvalue weighted by atomic mass is 15.0. The zero-order chi connectivity index (χ0) is 7.52. The Hall–Kier alpha value is -0.0400. The number of quaternary nitrogens is 1. The standard InChI is InChI=1S/C10H19N/c1-2-6-9(5-1)11-10-7-3-4-8-10/h9-11H,1-8H2/p+1. The lowest BCUT2D eigenvalue weighted by Gasteiger charge is -2.13. The van der Waals surface area contributed by atoms with Gasteiger partial charge in [0.15, 0.2) is 0 Å². The quantitative estimate of drug-likeness (QED) is 0.620. The third-order valence-electron chi connectivity index (χ3n) is 3.34. The van der Waals surface area contributed by atoms with E-state index in [-0.39, 0.29) is 0 Å². The van der Waals surface area contributed by atoms with Crippen LogP contribution in [0.25, 0.3) is 0 Å². The Morgan fingerprint density at radius 1 is 0.636 bits per heavy atom.